The van der Waals surface area contributed by atoms with Crippen LogP contribution < -0.4 is 21.3 Å². The van der Waals surface area contributed by atoms with Crippen LogP contribution in [0.5, 0.6) is 0 Å². The highest BCUT2D eigenvalue weighted by Crippen LogP contribution is 2.27. The molecule has 1 aromatic heterocycles. The largest absolute Gasteiger partial charge is 0.354 e. The topological polar surface area (TPSA) is 83.3 Å². The lowest BCUT2D eigenvalue weighted by Gasteiger charge is -2.27. The number of amides is 1. The maximum atomic E-state index is 12.8. The molecule has 4 N–H and O–H groups in total. The Bertz CT molecular complexity index is 724. The molecule has 2 heterocycles. The first-order chi connectivity index (χ1) is 13.5. The molecule has 1 aliphatic heterocycles. The summed E-state index contributed by atoms with van der Waals surface area (Å²) in [6.07, 6.45) is 10.6. The first-order valence-corrected chi connectivity index (χ1v) is 10.4. The molecule has 2 atom stereocenters. The Balaban J connectivity index is 1.81. The summed E-state index contributed by atoms with van der Waals surface area (Å²) in [4.78, 5) is 19.7. The Morgan fingerprint density at radius 3 is 2.64 bits per heavy atom. The zero-order chi connectivity index (χ0) is 20.1. The van der Waals surface area contributed by atoms with Crippen LogP contribution in [0.4, 0.5) is 5.82 Å². The van der Waals surface area contributed by atoms with Gasteiger partial charge in [0, 0.05) is 30.7 Å². The van der Waals surface area contributed by atoms with Crippen LogP contribution in [-0.4, -0.2) is 42.2 Å². The molecule has 3 rings (SSSR count). The summed E-state index contributed by atoms with van der Waals surface area (Å²) in [5.74, 6) is 0.492. The first kappa shape index (κ1) is 20.6. The van der Waals surface area contributed by atoms with Crippen LogP contribution in [0.2, 0.25) is 0 Å². The third-order valence-corrected chi connectivity index (χ3v) is 5.64. The van der Waals surface area contributed by atoms with Crippen molar-refractivity contribution in [2.24, 2.45) is 5.73 Å². The minimum absolute atomic E-state index is 0.208. The lowest BCUT2D eigenvalue weighted by atomic mass is 9.95. The van der Waals surface area contributed by atoms with E-state index in [0.29, 0.717) is 23.5 Å². The van der Waals surface area contributed by atoms with Crippen LogP contribution in [0.25, 0.3) is 12.2 Å². The average molecular weight is 384 g/mol. The summed E-state index contributed by atoms with van der Waals surface area (Å²) in [5.41, 5.74) is 7.85. The number of nitrogens with zero attached hydrogens (tertiary/aromatic N) is 2. The number of hydrogen-bond donors (Lipinski definition) is 3. The summed E-state index contributed by atoms with van der Waals surface area (Å²) in [5, 5.41) is 6.61. The number of anilines is 1. The highest BCUT2D eigenvalue weighted by molar-refractivity contribution is 6.00. The first-order valence-electron chi connectivity index (χ1n) is 10.4. The standard InChI is InChI=1S/C22H33N5O/c1-4-16-13-19(22(28)24-15(3)23)21(26-20(16)5-2)27-12-11-18(14-27)25-17-9-7-6-8-10-17/h4-5,13,15,17-18,25H,1-2,6-12,14,23H2,3H3,(H,24,28). The van der Waals surface area contributed by atoms with Gasteiger partial charge in [0.05, 0.1) is 17.4 Å². The van der Waals surface area contributed by atoms with Gasteiger partial charge in [-0.1, -0.05) is 38.5 Å². The van der Waals surface area contributed by atoms with Gasteiger partial charge in [0.15, 0.2) is 0 Å². The van der Waals surface area contributed by atoms with Gasteiger partial charge < -0.3 is 21.3 Å². The van der Waals surface area contributed by atoms with Crippen LogP contribution in [0, 0.1) is 0 Å². The summed E-state index contributed by atoms with van der Waals surface area (Å²) in [6, 6.07) is 2.89. The third-order valence-electron chi connectivity index (χ3n) is 5.64. The van der Waals surface area contributed by atoms with Crippen LogP contribution in [0.3, 0.4) is 0 Å². The molecule has 1 amide bonds. The molecular weight excluding hydrogens is 350 g/mol. The minimum Gasteiger partial charge on any atom is -0.354 e. The Morgan fingerprint density at radius 1 is 1.25 bits per heavy atom. The fraction of sp³-hybridized carbons (Fsp3) is 0.545. The number of carbonyl (C=O) groups excluding carboxylic acids is 1. The number of nitrogens with one attached hydrogen (secondary N) is 2. The fourth-order valence-corrected chi connectivity index (χ4v) is 4.24. The lowest BCUT2D eigenvalue weighted by molar-refractivity contribution is 0.0941. The van der Waals surface area contributed by atoms with Crippen molar-refractivity contribution < 1.29 is 4.79 Å². The molecule has 0 bridgehead atoms. The summed E-state index contributed by atoms with van der Waals surface area (Å²) in [7, 11) is 0. The van der Waals surface area contributed by atoms with E-state index in [0.717, 1.165) is 30.8 Å². The van der Waals surface area contributed by atoms with Crippen LogP contribution >= 0.6 is 0 Å². The molecule has 1 aliphatic carbocycles. The molecule has 2 unspecified atom stereocenters. The van der Waals surface area contributed by atoms with Crippen molar-refractivity contribution in [3.05, 3.63) is 36.0 Å². The van der Waals surface area contributed by atoms with E-state index in [4.69, 9.17) is 10.7 Å². The maximum Gasteiger partial charge on any atom is 0.256 e. The number of nitrogens with two attached hydrogens (primary N) is 1. The Morgan fingerprint density at radius 2 is 2.00 bits per heavy atom. The normalized spacial score (nSPS) is 21.4. The van der Waals surface area contributed by atoms with E-state index < -0.39 is 6.17 Å². The third kappa shape index (κ3) is 4.80. The van der Waals surface area contributed by atoms with E-state index in [1.807, 2.05) is 6.07 Å². The maximum absolute atomic E-state index is 12.8. The molecular formula is C22H33N5O. The van der Waals surface area contributed by atoms with E-state index in [1.165, 1.54) is 32.1 Å². The number of aromatic nitrogens is 1. The van der Waals surface area contributed by atoms with E-state index in [-0.39, 0.29) is 5.91 Å². The number of pyridine rings is 1. The molecule has 152 valence electrons. The molecule has 1 saturated heterocycles. The van der Waals surface area contributed by atoms with Crippen molar-refractivity contribution in [2.45, 2.75) is 63.7 Å². The lowest BCUT2D eigenvalue weighted by Crippen LogP contribution is -2.42. The predicted molar refractivity (Wildman–Crippen MR) is 116 cm³/mol. The average Bonchev–Trinajstić information content (AvgIpc) is 3.15. The van der Waals surface area contributed by atoms with Gasteiger partial charge in [0.2, 0.25) is 0 Å². The number of rotatable bonds is 7. The minimum atomic E-state index is -0.425. The summed E-state index contributed by atoms with van der Waals surface area (Å²) in [6.45, 7) is 11.2. The quantitative estimate of drug-likeness (QED) is 0.631. The Kier molecular flexibility index (Phi) is 6.86. The second-order valence-electron chi connectivity index (χ2n) is 7.94. The Labute approximate surface area is 168 Å². The van der Waals surface area contributed by atoms with Crippen LogP contribution in [0.15, 0.2) is 19.2 Å². The van der Waals surface area contributed by atoms with Crippen molar-refractivity contribution in [1.29, 1.82) is 0 Å². The van der Waals surface area contributed by atoms with E-state index in [9.17, 15) is 4.79 Å². The van der Waals surface area contributed by atoms with Crippen molar-refractivity contribution in [2.75, 3.05) is 18.0 Å². The number of carbonyl (C=O) groups is 1. The highest BCUT2D eigenvalue weighted by atomic mass is 16.1. The van der Waals surface area contributed by atoms with Crippen molar-refractivity contribution >= 4 is 23.9 Å². The number of hydrogen-bond acceptors (Lipinski definition) is 5. The van der Waals surface area contributed by atoms with Crippen molar-refractivity contribution in [3.8, 4) is 0 Å². The molecule has 0 aromatic carbocycles. The molecule has 1 aromatic rings. The molecule has 6 nitrogen and oxygen atoms in total. The second kappa shape index (κ2) is 9.34. The molecule has 0 spiro atoms. The van der Waals surface area contributed by atoms with Gasteiger partial charge in [-0.15, -0.1) is 0 Å². The summed E-state index contributed by atoms with van der Waals surface area (Å²) >= 11 is 0. The monoisotopic (exact) mass is 383 g/mol. The van der Waals surface area contributed by atoms with Gasteiger partial charge in [0.1, 0.15) is 5.82 Å². The zero-order valence-electron chi connectivity index (χ0n) is 16.9. The van der Waals surface area contributed by atoms with Crippen LogP contribution in [0.1, 0.15) is 67.1 Å². The molecule has 6 heteroatoms. The van der Waals surface area contributed by atoms with Gasteiger partial charge in [-0.25, -0.2) is 4.98 Å². The van der Waals surface area contributed by atoms with E-state index in [2.05, 4.69) is 28.7 Å². The zero-order valence-corrected chi connectivity index (χ0v) is 16.9. The molecule has 0 radical (unpaired) electrons. The van der Waals surface area contributed by atoms with Gasteiger partial charge >= 0.3 is 0 Å². The second-order valence-corrected chi connectivity index (χ2v) is 7.94. The van der Waals surface area contributed by atoms with Gasteiger partial charge in [-0.2, -0.15) is 0 Å². The predicted octanol–water partition coefficient (Wildman–Crippen LogP) is 2.90. The van der Waals surface area contributed by atoms with Gasteiger partial charge in [0.25, 0.3) is 5.91 Å². The molecule has 1 saturated carbocycles. The van der Waals surface area contributed by atoms with Crippen molar-refractivity contribution in [1.82, 2.24) is 15.6 Å². The van der Waals surface area contributed by atoms with E-state index in [1.54, 1.807) is 19.1 Å². The highest BCUT2D eigenvalue weighted by Gasteiger charge is 2.29. The molecule has 2 aliphatic rings. The molecule has 2 fully saturated rings. The SMILES string of the molecule is C=Cc1cc(C(=O)NC(C)N)c(N2CCC(NC3CCCCC3)C2)nc1C=C. The Hall–Kier alpha value is -2.18. The van der Waals surface area contributed by atoms with Crippen LogP contribution in [-0.2, 0) is 0 Å². The van der Waals surface area contributed by atoms with Crippen molar-refractivity contribution in [3.63, 3.8) is 0 Å². The van der Waals surface area contributed by atoms with E-state index >= 15 is 0 Å². The fourth-order valence-electron chi connectivity index (χ4n) is 4.24. The summed E-state index contributed by atoms with van der Waals surface area (Å²) < 4.78 is 0. The smallest absolute Gasteiger partial charge is 0.256 e. The van der Waals surface area contributed by atoms with Gasteiger partial charge in [-0.05, 0) is 38.3 Å². The van der Waals surface area contributed by atoms with Gasteiger partial charge in [-0.3, -0.25) is 4.79 Å². The molecule has 28 heavy (non-hydrogen) atoms.